The third kappa shape index (κ3) is 3.81. The maximum atomic E-state index is 11.9. The summed E-state index contributed by atoms with van der Waals surface area (Å²) in [7, 11) is 0. The van der Waals surface area contributed by atoms with Crippen LogP contribution in [0.3, 0.4) is 0 Å². The van der Waals surface area contributed by atoms with Gasteiger partial charge in [-0.2, -0.15) is 0 Å². The van der Waals surface area contributed by atoms with Crippen LogP contribution in [-0.4, -0.2) is 12.4 Å². The van der Waals surface area contributed by atoms with Crippen LogP contribution in [-0.2, 0) is 6.42 Å². The molecular formula is C11H15FS. The maximum Gasteiger partial charge on any atom is 0.0897 e. The fourth-order valence-electron chi connectivity index (χ4n) is 1.19. The molecule has 1 aromatic carbocycles. The van der Waals surface area contributed by atoms with Crippen LogP contribution in [0.2, 0.25) is 0 Å². The molecule has 0 amide bonds. The number of benzene rings is 1. The highest BCUT2D eigenvalue weighted by atomic mass is 32.2. The summed E-state index contributed by atoms with van der Waals surface area (Å²) >= 11 is 1.83. The second-order valence-electron chi connectivity index (χ2n) is 2.87. The van der Waals surface area contributed by atoms with Gasteiger partial charge in [0.2, 0.25) is 0 Å². The average molecular weight is 198 g/mol. The Balaban J connectivity index is 2.48. The monoisotopic (exact) mass is 198 g/mol. The van der Waals surface area contributed by atoms with E-state index in [0.717, 1.165) is 12.2 Å². The molecule has 0 saturated carbocycles. The molecule has 0 aromatic heterocycles. The van der Waals surface area contributed by atoms with Crippen molar-refractivity contribution in [2.24, 2.45) is 0 Å². The lowest BCUT2D eigenvalue weighted by atomic mass is 10.1. The van der Waals surface area contributed by atoms with Gasteiger partial charge >= 0.3 is 0 Å². The lowest BCUT2D eigenvalue weighted by Crippen LogP contribution is -1.86. The fourth-order valence-corrected chi connectivity index (χ4v) is 1.85. The quantitative estimate of drug-likeness (QED) is 0.650. The van der Waals surface area contributed by atoms with E-state index in [-0.39, 0.29) is 6.67 Å². The van der Waals surface area contributed by atoms with Crippen molar-refractivity contribution in [3.8, 4) is 0 Å². The van der Waals surface area contributed by atoms with Crippen molar-refractivity contribution in [2.75, 3.05) is 12.4 Å². The molecule has 1 rings (SSSR count). The number of halogens is 1. The minimum atomic E-state index is -0.217. The molecule has 2 heteroatoms. The summed E-state index contributed by atoms with van der Waals surface area (Å²) in [5, 5.41) is 0. The van der Waals surface area contributed by atoms with Crippen LogP contribution in [0.15, 0.2) is 29.2 Å². The molecule has 0 saturated heterocycles. The summed E-state index contributed by atoms with van der Waals surface area (Å²) in [4.78, 5) is 1.30. The summed E-state index contributed by atoms with van der Waals surface area (Å²) < 4.78 is 11.9. The van der Waals surface area contributed by atoms with Gasteiger partial charge in [0, 0.05) is 4.90 Å². The molecule has 0 atom stereocenters. The Morgan fingerprint density at radius 1 is 1.23 bits per heavy atom. The smallest absolute Gasteiger partial charge is 0.0897 e. The van der Waals surface area contributed by atoms with Gasteiger partial charge in [0.15, 0.2) is 0 Å². The molecule has 0 spiro atoms. The van der Waals surface area contributed by atoms with E-state index in [1.165, 1.54) is 10.5 Å². The minimum Gasteiger partial charge on any atom is -0.251 e. The standard InChI is InChI=1S/C11H15FS/c1-2-13-11-7-5-10(6-8-11)4-3-9-12/h5-8H,2-4,9H2,1H3. The Labute approximate surface area is 83.5 Å². The SMILES string of the molecule is CCSc1ccc(CCCF)cc1. The van der Waals surface area contributed by atoms with Gasteiger partial charge < -0.3 is 0 Å². The fraction of sp³-hybridized carbons (Fsp3) is 0.455. The molecule has 0 bridgehead atoms. The van der Waals surface area contributed by atoms with E-state index in [1.54, 1.807) is 0 Å². The predicted molar refractivity (Wildman–Crippen MR) is 57.1 cm³/mol. The molecule has 0 heterocycles. The second kappa shape index (κ2) is 6.03. The normalized spacial score (nSPS) is 10.3. The van der Waals surface area contributed by atoms with Gasteiger partial charge in [0.05, 0.1) is 6.67 Å². The van der Waals surface area contributed by atoms with Crippen molar-refractivity contribution >= 4 is 11.8 Å². The van der Waals surface area contributed by atoms with Gasteiger partial charge in [-0.15, -0.1) is 11.8 Å². The Kier molecular flexibility index (Phi) is 4.91. The summed E-state index contributed by atoms with van der Waals surface area (Å²) in [5.74, 6) is 1.10. The van der Waals surface area contributed by atoms with Gasteiger partial charge in [-0.1, -0.05) is 19.1 Å². The zero-order chi connectivity index (χ0) is 9.52. The number of aryl methyl sites for hydroxylation is 1. The lowest BCUT2D eigenvalue weighted by Gasteiger charge is -2.01. The van der Waals surface area contributed by atoms with Gasteiger partial charge in [-0.25, -0.2) is 0 Å². The summed E-state index contributed by atoms with van der Waals surface area (Å²) in [6.45, 7) is 1.92. The van der Waals surface area contributed by atoms with E-state index in [9.17, 15) is 4.39 Å². The highest BCUT2D eigenvalue weighted by Gasteiger charge is 1.94. The molecule has 72 valence electrons. The number of thioether (sulfide) groups is 1. The van der Waals surface area contributed by atoms with Gasteiger partial charge in [0.25, 0.3) is 0 Å². The molecule has 0 aliphatic carbocycles. The van der Waals surface area contributed by atoms with E-state index >= 15 is 0 Å². The highest BCUT2D eigenvalue weighted by molar-refractivity contribution is 7.99. The predicted octanol–water partition coefficient (Wildman–Crippen LogP) is 3.70. The lowest BCUT2D eigenvalue weighted by molar-refractivity contribution is 0.473. The van der Waals surface area contributed by atoms with E-state index in [0.29, 0.717) is 6.42 Å². The van der Waals surface area contributed by atoms with Gasteiger partial charge in [-0.3, -0.25) is 4.39 Å². The van der Waals surface area contributed by atoms with Crippen molar-refractivity contribution in [1.29, 1.82) is 0 Å². The molecule has 0 radical (unpaired) electrons. The molecule has 0 aliphatic rings. The topological polar surface area (TPSA) is 0 Å². The molecule has 0 unspecified atom stereocenters. The van der Waals surface area contributed by atoms with Crippen molar-refractivity contribution < 1.29 is 4.39 Å². The van der Waals surface area contributed by atoms with Crippen molar-refractivity contribution in [3.63, 3.8) is 0 Å². The Bertz CT molecular complexity index is 230. The molecule has 13 heavy (non-hydrogen) atoms. The first kappa shape index (κ1) is 10.6. The van der Waals surface area contributed by atoms with Gasteiger partial charge in [0.1, 0.15) is 0 Å². The first-order valence-corrected chi connectivity index (χ1v) is 5.63. The Morgan fingerprint density at radius 2 is 1.92 bits per heavy atom. The Morgan fingerprint density at radius 3 is 2.46 bits per heavy atom. The van der Waals surface area contributed by atoms with Gasteiger partial charge in [-0.05, 0) is 36.3 Å². The Hall–Kier alpha value is -0.500. The maximum absolute atomic E-state index is 11.9. The third-order valence-corrected chi connectivity index (χ3v) is 2.73. The van der Waals surface area contributed by atoms with Crippen molar-refractivity contribution in [1.82, 2.24) is 0 Å². The van der Waals surface area contributed by atoms with E-state index in [1.807, 2.05) is 11.8 Å². The zero-order valence-corrected chi connectivity index (χ0v) is 8.74. The molecular weight excluding hydrogens is 183 g/mol. The molecule has 0 nitrogen and oxygen atoms in total. The van der Waals surface area contributed by atoms with Crippen molar-refractivity contribution in [2.45, 2.75) is 24.7 Å². The first-order valence-electron chi connectivity index (χ1n) is 4.64. The van der Waals surface area contributed by atoms with Crippen LogP contribution in [0.1, 0.15) is 18.9 Å². The number of hydrogen-bond donors (Lipinski definition) is 0. The van der Waals surface area contributed by atoms with Crippen LogP contribution < -0.4 is 0 Å². The summed E-state index contributed by atoms with van der Waals surface area (Å²) in [6.07, 6.45) is 1.49. The molecule has 0 aliphatic heterocycles. The number of rotatable bonds is 5. The van der Waals surface area contributed by atoms with E-state index < -0.39 is 0 Å². The molecule has 0 N–H and O–H groups in total. The molecule has 0 fully saturated rings. The van der Waals surface area contributed by atoms with Crippen LogP contribution in [0.4, 0.5) is 4.39 Å². The highest BCUT2D eigenvalue weighted by Crippen LogP contribution is 2.18. The first-order chi connectivity index (χ1) is 6.36. The van der Waals surface area contributed by atoms with Crippen LogP contribution >= 0.6 is 11.8 Å². The summed E-state index contributed by atoms with van der Waals surface area (Å²) in [6, 6.07) is 8.41. The van der Waals surface area contributed by atoms with E-state index in [2.05, 4.69) is 31.2 Å². The summed E-state index contributed by atoms with van der Waals surface area (Å²) in [5.41, 5.74) is 1.23. The number of alkyl halides is 1. The minimum absolute atomic E-state index is 0.217. The van der Waals surface area contributed by atoms with Crippen molar-refractivity contribution in [3.05, 3.63) is 29.8 Å². The second-order valence-corrected chi connectivity index (χ2v) is 4.21. The number of hydrogen-bond acceptors (Lipinski definition) is 1. The third-order valence-electron chi connectivity index (χ3n) is 1.83. The largest absolute Gasteiger partial charge is 0.251 e. The van der Waals surface area contributed by atoms with E-state index in [4.69, 9.17) is 0 Å². The molecule has 1 aromatic rings. The zero-order valence-electron chi connectivity index (χ0n) is 7.92. The van der Waals surface area contributed by atoms with Crippen LogP contribution in [0.5, 0.6) is 0 Å². The average Bonchev–Trinajstić information content (AvgIpc) is 2.17. The van der Waals surface area contributed by atoms with Crippen LogP contribution in [0.25, 0.3) is 0 Å². The van der Waals surface area contributed by atoms with Crippen LogP contribution in [0, 0.1) is 0 Å².